The van der Waals surface area contributed by atoms with Crippen LogP contribution in [-0.4, -0.2) is 23.9 Å². The average Bonchev–Trinajstić information content (AvgIpc) is 2.56. The topological polar surface area (TPSA) is 33.5 Å². The Morgan fingerprint density at radius 2 is 1.71 bits per heavy atom. The van der Waals surface area contributed by atoms with Gasteiger partial charge in [0.15, 0.2) is 0 Å². The van der Waals surface area contributed by atoms with Crippen LogP contribution in [-0.2, 0) is 0 Å². The van der Waals surface area contributed by atoms with E-state index in [1.807, 2.05) is 24.8 Å². The van der Waals surface area contributed by atoms with Crippen LogP contribution in [0.15, 0.2) is 10.5 Å². The maximum absolute atomic E-state index is 12.4. The predicted molar refractivity (Wildman–Crippen MR) is 67.2 cm³/mol. The molecule has 1 amide bonds. The standard InChI is InChI=1S/C14H21NO2/c1-11-10-13(12(2)17-11)14(16)15-8-6-4-3-5-7-9-15/h10H,3-9H2,1-2H3. The number of nitrogens with zero attached hydrogens (tertiary/aromatic N) is 1. The zero-order valence-corrected chi connectivity index (χ0v) is 10.8. The summed E-state index contributed by atoms with van der Waals surface area (Å²) in [6, 6.07) is 1.86. The molecule has 3 heteroatoms. The fraction of sp³-hybridized carbons (Fsp3) is 0.643. The molecule has 1 aromatic rings. The number of furan rings is 1. The monoisotopic (exact) mass is 235 g/mol. The first-order valence-electron chi connectivity index (χ1n) is 6.55. The molecule has 1 aromatic heterocycles. The second kappa shape index (κ2) is 5.39. The van der Waals surface area contributed by atoms with Gasteiger partial charge in [0.1, 0.15) is 11.5 Å². The SMILES string of the molecule is Cc1cc(C(=O)N2CCCCCCC2)c(C)o1. The molecule has 0 aliphatic carbocycles. The summed E-state index contributed by atoms with van der Waals surface area (Å²) in [6.45, 7) is 5.53. The van der Waals surface area contributed by atoms with E-state index in [1.165, 1.54) is 19.3 Å². The molecule has 0 atom stereocenters. The highest BCUT2D eigenvalue weighted by molar-refractivity contribution is 5.95. The van der Waals surface area contributed by atoms with Crippen LogP contribution in [0.25, 0.3) is 0 Å². The lowest BCUT2D eigenvalue weighted by Crippen LogP contribution is -2.33. The molecule has 0 unspecified atom stereocenters. The zero-order chi connectivity index (χ0) is 12.3. The third-order valence-electron chi connectivity index (χ3n) is 3.41. The summed E-state index contributed by atoms with van der Waals surface area (Å²) in [5.74, 6) is 1.70. The number of amides is 1. The van der Waals surface area contributed by atoms with E-state index in [0.29, 0.717) is 0 Å². The summed E-state index contributed by atoms with van der Waals surface area (Å²) in [5, 5.41) is 0. The number of carbonyl (C=O) groups excluding carboxylic acids is 1. The van der Waals surface area contributed by atoms with Crippen molar-refractivity contribution in [3.05, 3.63) is 23.2 Å². The third kappa shape index (κ3) is 2.90. The molecule has 0 aromatic carbocycles. The molecule has 3 nitrogen and oxygen atoms in total. The van der Waals surface area contributed by atoms with Gasteiger partial charge in [0.2, 0.25) is 0 Å². The highest BCUT2D eigenvalue weighted by Gasteiger charge is 2.20. The fourth-order valence-electron chi connectivity index (χ4n) is 2.46. The van der Waals surface area contributed by atoms with Gasteiger partial charge < -0.3 is 9.32 Å². The molecule has 1 aliphatic rings. The second-order valence-corrected chi connectivity index (χ2v) is 4.89. The molecule has 0 spiro atoms. The van der Waals surface area contributed by atoms with Gasteiger partial charge in [0.05, 0.1) is 5.56 Å². The van der Waals surface area contributed by atoms with Crippen LogP contribution in [0.4, 0.5) is 0 Å². The normalized spacial score (nSPS) is 17.6. The van der Waals surface area contributed by atoms with Gasteiger partial charge in [0, 0.05) is 13.1 Å². The minimum atomic E-state index is 0.140. The van der Waals surface area contributed by atoms with Crippen LogP contribution in [0.5, 0.6) is 0 Å². The molecular weight excluding hydrogens is 214 g/mol. The first kappa shape index (κ1) is 12.2. The van der Waals surface area contributed by atoms with Crippen molar-refractivity contribution in [3.8, 4) is 0 Å². The molecule has 1 aliphatic heterocycles. The van der Waals surface area contributed by atoms with E-state index in [-0.39, 0.29) is 5.91 Å². The van der Waals surface area contributed by atoms with Gasteiger partial charge in [-0.25, -0.2) is 0 Å². The molecule has 2 heterocycles. The van der Waals surface area contributed by atoms with E-state index in [9.17, 15) is 4.79 Å². The van der Waals surface area contributed by atoms with Crippen LogP contribution < -0.4 is 0 Å². The van der Waals surface area contributed by atoms with Gasteiger partial charge in [-0.1, -0.05) is 19.3 Å². The largest absolute Gasteiger partial charge is 0.466 e. The number of rotatable bonds is 1. The molecule has 94 valence electrons. The Hall–Kier alpha value is -1.25. The number of carbonyl (C=O) groups is 1. The molecule has 0 bridgehead atoms. The highest BCUT2D eigenvalue weighted by atomic mass is 16.3. The van der Waals surface area contributed by atoms with Crippen molar-refractivity contribution in [3.63, 3.8) is 0 Å². The molecule has 2 rings (SSSR count). The van der Waals surface area contributed by atoms with E-state index in [2.05, 4.69) is 0 Å². The summed E-state index contributed by atoms with van der Waals surface area (Å²) >= 11 is 0. The van der Waals surface area contributed by atoms with Gasteiger partial charge in [0.25, 0.3) is 5.91 Å². The first-order valence-corrected chi connectivity index (χ1v) is 6.55. The summed E-state index contributed by atoms with van der Waals surface area (Å²) in [7, 11) is 0. The minimum absolute atomic E-state index is 0.140. The zero-order valence-electron chi connectivity index (χ0n) is 10.8. The second-order valence-electron chi connectivity index (χ2n) is 4.89. The van der Waals surface area contributed by atoms with Gasteiger partial charge in [-0.15, -0.1) is 0 Å². The lowest BCUT2D eigenvalue weighted by atomic mass is 10.1. The van der Waals surface area contributed by atoms with Crippen molar-refractivity contribution >= 4 is 5.91 Å². The molecule has 0 saturated carbocycles. The minimum Gasteiger partial charge on any atom is -0.466 e. The molecule has 0 radical (unpaired) electrons. The summed E-state index contributed by atoms with van der Waals surface area (Å²) in [4.78, 5) is 14.3. The maximum Gasteiger partial charge on any atom is 0.257 e. The van der Waals surface area contributed by atoms with Crippen LogP contribution >= 0.6 is 0 Å². The van der Waals surface area contributed by atoms with Gasteiger partial charge in [-0.2, -0.15) is 0 Å². The van der Waals surface area contributed by atoms with Crippen LogP contribution in [0.1, 0.15) is 54.0 Å². The smallest absolute Gasteiger partial charge is 0.257 e. The Bertz CT molecular complexity index is 387. The molecular formula is C14H21NO2. The van der Waals surface area contributed by atoms with E-state index in [1.54, 1.807) is 0 Å². The first-order chi connectivity index (χ1) is 8.18. The van der Waals surface area contributed by atoms with Crippen LogP contribution in [0, 0.1) is 13.8 Å². The van der Waals surface area contributed by atoms with Crippen molar-refractivity contribution in [2.75, 3.05) is 13.1 Å². The highest BCUT2D eigenvalue weighted by Crippen LogP contribution is 2.18. The molecule has 1 saturated heterocycles. The Balaban J connectivity index is 2.09. The lowest BCUT2D eigenvalue weighted by Gasteiger charge is -2.24. The van der Waals surface area contributed by atoms with Gasteiger partial charge in [-0.05, 0) is 32.8 Å². The third-order valence-corrected chi connectivity index (χ3v) is 3.41. The number of aryl methyl sites for hydroxylation is 2. The fourth-order valence-corrected chi connectivity index (χ4v) is 2.46. The van der Waals surface area contributed by atoms with Gasteiger partial charge >= 0.3 is 0 Å². The number of hydrogen-bond donors (Lipinski definition) is 0. The molecule has 0 N–H and O–H groups in total. The van der Waals surface area contributed by atoms with Crippen LogP contribution in [0.2, 0.25) is 0 Å². The van der Waals surface area contributed by atoms with Crippen molar-refractivity contribution in [2.24, 2.45) is 0 Å². The number of likely N-dealkylation sites (tertiary alicyclic amines) is 1. The van der Waals surface area contributed by atoms with E-state index < -0.39 is 0 Å². The average molecular weight is 235 g/mol. The van der Waals surface area contributed by atoms with E-state index in [4.69, 9.17) is 4.42 Å². The Kier molecular flexibility index (Phi) is 3.87. The Morgan fingerprint density at radius 3 is 2.24 bits per heavy atom. The lowest BCUT2D eigenvalue weighted by molar-refractivity contribution is 0.0740. The van der Waals surface area contributed by atoms with Gasteiger partial charge in [-0.3, -0.25) is 4.79 Å². The van der Waals surface area contributed by atoms with E-state index in [0.717, 1.165) is 43.0 Å². The maximum atomic E-state index is 12.4. The van der Waals surface area contributed by atoms with Crippen LogP contribution in [0.3, 0.4) is 0 Å². The van der Waals surface area contributed by atoms with Crippen molar-refractivity contribution < 1.29 is 9.21 Å². The predicted octanol–water partition coefficient (Wildman–Crippen LogP) is 3.30. The van der Waals surface area contributed by atoms with Crippen molar-refractivity contribution in [2.45, 2.75) is 46.0 Å². The number of hydrogen-bond acceptors (Lipinski definition) is 2. The quantitative estimate of drug-likeness (QED) is 0.748. The van der Waals surface area contributed by atoms with Crippen molar-refractivity contribution in [1.29, 1.82) is 0 Å². The summed E-state index contributed by atoms with van der Waals surface area (Å²) < 4.78 is 5.43. The Morgan fingerprint density at radius 1 is 1.12 bits per heavy atom. The summed E-state index contributed by atoms with van der Waals surface area (Å²) in [5.41, 5.74) is 0.739. The van der Waals surface area contributed by atoms with Crippen molar-refractivity contribution in [1.82, 2.24) is 4.90 Å². The summed E-state index contributed by atoms with van der Waals surface area (Å²) in [6.07, 6.45) is 6.05. The molecule has 1 fully saturated rings. The Labute approximate surface area is 103 Å². The molecule has 17 heavy (non-hydrogen) atoms. The van der Waals surface area contributed by atoms with E-state index >= 15 is 0 Å².